The van der Waals surface area contributed by atoms with E-state index < -0.39 is 35.5 Å². The maximum absolute atomic E-state index is 13.1. The quantitative estimate of drug-likeness (QED) is 0.524. The monoisotopic (exact) mass is 473 g/mol. The first-order valence-corrected chi connectivity index (χ1v) is 10.0. The fraction of sp³-hybridized carbons (Fsp3) is 0.182. The normalized spacial score (nSPS) is 12.9. The Bertz CT molecular complexity index is 1260. The van der Waals surface area contributed by atoms with Gasteiger partial charge < -0.3 is 25.7 Å². The van der Waals surface area contributed by atoms with Crippen molar-refractivity contribution in [3.8, 4) is 11.5 Å². The highest BCUT2D eigenvalue weighted by Gasteiger charge is 2.41. The molecule has 0 saturated heterocycles. The molecule has 2 aromatic carbocycles. The Labute approximate surface area is 190 Å². The number of carbonyl (C=O) groups excluding carboxylic acids is 3. The van der Waals surface area contributed by atoms with Crippen LogP contribution in [0, 0.1) is 0 Å². The number of nitrogens with one attached hydrogen (secondary N) is 2. The zero-order valence-corrected chi connectivity index (χ0v) is 17.5. The minimum absolute atomic E-state index is 0.200. The van der Waals surface area contributed by atoms with Crippen LogP contribution in [0.15, 0.2) is 52.9 Å². The minimum Gasteiger partial charge on any atom is -0.430 e. The number of para-hydroxylation sites is 1. The van der Waals surface area contributed by atoms with E-state index in [0.717, 1.165) is 0 Å². The van der Waals surface area contributed by atoms with E-state index in [9.17, 15) is 27.6 Å². The van der Waals surface area contributed by atoms with Crippen molar-refractivity contribution in [2.45, 2.75) is 12.6 Å². The van der Waals surface area contributed by atoms with Crippen LogP contribution in [0.2, 0.25) is 0 Å². The zero-order valence-electron chi connectivity index (χ0n) is 17.5. The molecule has 12 heteroatoms. The number of carbonyl (C=O) groups is 3. The second kappa shape index (κ2) is 8.89. The molecule has 1 aromatic heterocycles. The molecule has 1 aliphatic rings. The van der Waals surface area contributed by atoms with Crippen LogP contribution >= 0.6 is 0 Å². The van der Waals surface area contributed by atoms with Gasteiger partial charge in [-0.2, -0.15) is 13.2 Å². The molecule has 2 heterocycles. The number of halogens is 3. The Balaban J connectivity index is 1.46. The first-order chi connectivity index (χ1) is 16.1. The molecule has 3 aromatic rings. The van der Waals surface area contributed by atoms with Crippen molar-refractivity contribution < 1.29 is 32.0 Å². The van der Waals surface area contributed by atoms with Gasteiger partial charge in [0.1, 0.15) is 0 Å². The molecule has 1 aliphatic heterocycles. The van der Waals surface area contributed by atoms with Gasteiger partial charge in [-0.3, -0.25) is 9.59 Å². The first-order valence-electron chi connectivity index (χ1n) is 10.0. The van der Waals surface area contributed by atoms with Gasteiger partial charge in [-0.05, 0) is 42.3 Å². The summed E-state index contributed by atoms with van der Waals surface area (Å²) in [6.45, 7) is 0.0715. The number of fused-ring (bicyclic) bond motifs is 1. The van der Waals surface area contributed by atoms with Crippen LogP contribution in [-0.4, -0.2) is 35.9 Å². The lowest BCUT2D eigenvalue weighted by molar-refractivity contribution is -0.141. The van der Waals surface area contributed by atoms with Crippen molar-refractivity contribution >= 4 is 29.2 Å². The molecule has 4 N–H and O–H groups in total. The number of nitrogens with zero attached hydrogens (tertiary/aromatic N) is 2. The van der Waals surface area contributed by atoms with Crippen LogP contribution < -0.4 is 21.3 Å². The maximum atomic E-state index is 13.1. The van der Waals surface area contributed by atoms with Crippen LogP contribution in [0.4, 0.5) is 29.3 Å². The smallest absolute Gasteiger partial charge is 0.430 e. The largest absolute Gasteiger partial charge is 0.437 e. The number of amides is 4. The molecule has 0 spiro atoms. The minimum atomic E-state index is -4.91. The molecule has 0 unspecified atom stereocenters. The molecular weight excluding hydrogens is 455 g/mol. The van der Waals surface area contributed by atoms with E-state index in [1.807, 2.05) is 0 Å². The van der Waals surface area contributed by atoms with Gasteiger partial charge in [0.05, 0.1) is 6.54 Å². The highest BCUT2D eigenvalue weighted by atomic mass is 19.4. The van der Waals surface area contributed by atoms with Gasteiger partial charge in [-0.1, -0.05) is 18.2 Å². The molecule has 34 heavy (non-hydrogen) atoms. The standard InChI is InChI=1S/C22H18F3N5O4/c23-22(24,25)18-17(19(26)32)34-20(29-18)13-6-7-15-12(10-13)8-9-30(15)16(31)11-27-21(33)28-14-4-2-1-3-5-14/h1-7,10H,8-9,11H2,(H2,26,32)(H2,27,28,33). The lowest BCUT2D eigenvalue weighted by Gasteiger charge is -2.18. The van der Waals surface area contributed by atoms with E-state index in [2.05, 4.69) is 15.6 Å². The Morgan fingerprint density at radius 2 is 1.85 bits per heavy atom. The number of primary amides is 1. The average molecular weight is 473 g/mol. The third-order valence-corrected chi connectivity index (χ3v) is 5.07. The summed E-state index contributed by atoms with van der Waals surface area (Å²) in [5, 5.41) is 5.10. The predicted molar refractivity (Wildman–Crippen MR) is 115 cm³/mol. The molecular formula is C22H18F3N5O4. The zero-order chi connectivity index (χ0) is 24.5. The van der Waals surface area contributed by atoms with Crippen molar-refractivity contribution in [3.63, 3.8) is 0 Å². The summed E-state index contributed by atoms with van der Waals surface area (Å²) in [4.78, 5) is 40.8. The summed E-state index contributed by atoms with van der Waals surface area (Å²) in [5.74, 6) is -3.22. The van der Waals surface area contributed by atoms with E-state index in [-0.39, 0.29) is 18.0 Å². The van der Waals surface area contributed by atoms with Crippen LogP contribution in [0.25, 0.3) is 11.5 Å². The van der Waals surface area contributed by atoms with E-state index >= 15 is 0 Å². The molecule has 9 nitrogen and oxygen atoms in total. The van der Waals surface area contributed by atoms with Crippen molar-refractivity contribution in [2.24, 2.45) is 5.73 Å². The summed E-state index contributed by atoms with van der Waals surface area (Å²) in [5.41, 5.74) is 5.49. The summed E-state index contributed by atoms with van der Waals surface area (Å²) >= 11 is 0. The molecule has 0 saturated carbocycles. The lowest BCUT2D eigenvalue weighted by atomic mass is 10.1. The number of rotatable bonds is 5. The highest BCUT2D eigenvalue weighted by Crippen LogP contribution is 2.36. The molecule has 0 radical (unpaired) electrons. The van der Waals surface area contributed by atoms with Crippen LogP contribution in [-0.2, 0) is 17.4 Å². The summed E-state index contributed by atoms with van der Waals surface area (Å²) in [6, 6.07) is 12.7. The SMILES string of the molecule is NC(=O)c1oc(-c2ccc3c(c2)CCN3C(=O)CNC(=O)Nc2ccccc2)nc1C(F)(F)F. The average Bonchev–Trinajstić information content (AvgIpc) is 3.43. The van der Waals surface area contributed by atoms with Crippen molar-refractivity contribution in [1.82, 2.24) is 10.3 Å². The number of alkyl halides is 3. The first kappa shape index (κ1) is 22.8. The van der Waals surface area contributed by atoms with Crippen molar-refractivity contribution in [1.29, 1.82) is 0 Å². The molecule has 0 aliphatic carbocycles. The van der Waals surface area contributed by atoms with E-state index in [0.29, 0.717) is 29.9 Å². The van der Waals surface area contributed by atoms with Crippen LogP contribution in [0.5, 0.6) is 0 Å². The third kappa shape index (κ3) is 4.70. The number of urea groups is 1. The molecule has 176 valence electrons. The van der Waals surface area contributed by atoms with E-state index in [1.54, 1.807) is 36.4 Å². The predicted octanol–water partition coefficient (Wildman–Crippen LogP) is 3.17. The summed E-state index contributed by atoms with van der Waals surface area (Å²) in [7, 11) is 0. The second-order valence-corrected chi connectivity index (χ2v) is 7.37. The fourth-order valence-electron chi connectivity index (χ4n) is 3.54. The van der Waals surface area contributed by atoms with Gasteiger partial charge >= 0.3 is 12.2 Å². The number of anilines is 2. The van der Waals surface area contributed by atoms with Gasteiger partial charge in [0, 0.05) is 23.5 Å². The summed E-state index contributed by atoms with van der Waals surface area (Å²) in [6.07, 6.45) is -4.48. The van der Waals surface area contributed by atoms with Crippen molar-refractivity contribution in [2.75, 3.05) is 23.3 Å². The molecule has 4 rings (SSSR count). The lowest BCUT2D eigenvalue weighted by Crippen LogP contribution is -2.41. The van der Waals surface area contributed by atoms with Gasteiger partial charge in [0.25, 0.3) is 5.91 Å². The number of hydrogen-bond acceptors (Lipinski definition) is 5. The van der Waals surface area contributed by atoms with Crippen molar-refractivity contribution in [3.05, 3.63) is 65.5 Å². The highest BCUT2D eigenvalue weighted by molar-refractivity contribution is 6.00. The van der Waals surface area contributed by atoms with Crippen LogP contribution in [0.1, 0.15) is 21.8 Å². The molecule has 0 bridgehead atoms. The number of nitrogens with two attached hydrogens (primary N) is 1. The number of aromatic nitrogens is 1. The Hall–Kier alpha value is -4.35. The Morgan fingerprint density at radius 3 is 2.50 bits per heavy atom. The number of benzene rings is 2. The van der Waals surface area contributed by atoms with E-state index in [4.69, 9.17) is 10.2 Å². The molecule has 0 fully saturated rings. The molecule has 4 amide bonds. The third-order valence-electron chi connectivity index (χ3n) is 5.07. The Morgan fingerprint density at radius 1 is 1.12 bits per heavy atom. The molecule has 0 atom stereocenters. The van der Waals surface area contributed by atoms with Gasteiger partial charge in [-0.25, -0.2) is 9.78 Å². The van der Waals surface area contributed by atoms with Crippen LogP contribution in [0.3, 0.4) is 0 Å². The maximum Gasteiger partial charge on any atom is 0.437 e. The fourth-order valence-corrected chi connectivity index (χ4v) is 3.54. The second-order valence-electron chi connectivity index (χ2n) is 7.37. The number of hydrogen-bond donors (Lipinski definition) is 3. The van der Waals surface area contributed by atoms with Gasteiger partial charge in [0.15, 0.2) is 5.69 Å². The topological polar surface area (TPSA) is 131 Å². The summed E-state index contributed by atoms with van der Waals surface area (Å²) < 4.78 is 44.4. The van der Waals surface area contributed by atoms with Gasteiger partial charge in [-0.15, -0.1) is 0 Å². The Kier molecular flexibility index (Phi) is 5.97. The van der Waals surface area contributed by atoms with Gasteiger partial charge in [0.2, 0.25) is 17.6 Å². The van der Waals surface area contributed by atoms with E-state index in [1.165, 1.54) is 17.0 Å². The number of oxazole rings is 1.